The van der Waals surface area contributed by atoms with Gasteiger partial charge in [-0.05, 0) is 72.5 Å². The molecule has 212 valence electrons. The number of carbonyl (C=O) groups is 1. The van der Waals surface area contributed by atoms with Crippen molar-refractivity contribution in [3.63, 3.8) is 0 Å². The number of rotatable bonds is 4. The fourth-order valence-corrected chi connectivity index (χ4v) is 5.51. The lowest BCUT2D eigenvalue weighted by molar-refractivity contribution is 0.102. The molecule has 1 fully saturated rings. The van der Waals surface area contributed by atoms with Crippen LogP contribution in [-0.4, -0.2) is 51.4 Å². The highest BCUT2D eigenvalue weighted by Crippen LogP contribution is 2.33. The van der Waals surface area contributed by atoms with Crippen LogP contribution in [0.15, 0.2) is 91.4 Å². The van der Waals surface area contributed by atoms with E-state index >= 15 is 0 Å². The van der Waals surface area contributed by atoms with Crippen LogP contribution in [0, 0.1) is 18.8 Å². The van der Waals surface area contributed by atoms with Gasteiger partial charge in [0.25, 0.3) is 5.91 Å². The smallest absolute Gasteiger partial charge is 0.255 e. The molecule has 0 unspecified atom stereocenters. The fraction of sp³-hybridized carbons (Fsp3) is 0.171. The molecule has 1 aliphatic heterocycles. The summed E-state index contributed by atoms with van der Waals surface area (Å²) in [7, 11) is 2.03. The lowest BCUT2D eigenvalue weighted by atomic mass is 10.0. The second kappa shape index (κ2) is 11.1. The number of fused-ring (bicyclic) bond motifs is 2. The van der Waals surface area contributed by atoms with Gasteiger partial charge in [0.05, 0.1) is 24.9 Å². The topological polar surface area (TPSA) is 76.7 Å². The summed E-state index contributed by atoms with van der Waals surface area (Å²) in [4.78, 5) is 20.0. The summed E-state index contributed by atoms with van der Waals surface area (Å²) in [6, 6.07) is 24.1. The number of imidazole rings is 1. The van der Waals surface area contributed by atoms with Gasteiger partial charge in [-0.15, -0.1) is 0 Å². The van der Waals surface area contributed by atoms with Crippen molar-refractivity contribution in [3.8, 4) is 23.0 Å². The van der Waals surface area contributed by atoms with Crippen LogP contribution in [0.5, 0.6) is 0 Å². The number of hydrogen-bond acceptors (Lipinski definition) is 5. The van der Waals surface area contributed by atoms with E-state index in [4.69, 9.17) is 4.74 Å². The van der Waals surface area contributed by atoms with Crippen molar-refractivity contribution in [2.24, 2.45) is 7.05 Å². The summed E-state index contributed by atoms with van der Waals surface area (Å²) in [6.07, 6.45) is 5.55. The average molecular weight is 567 g/mol. The summed E-state index contributed by atoms with van der Waals surface area (Å²) in [5.41, 5.74) is 9.05. The van der Waals surface area contributed by atoms with Crippen molar-refractivity contribution in [2.75, 3.05) is 36.5 Å². The molecular weight excluding hydrogens is 536 g/mol. The zero-order chi connectivity index (χ0) is 29.3. The normalized spacial score (nSPS) is 13.2. The van der Waals surface area contributed by atoms with Gasteiger partial charge in [0, 0.05) is 66.0 Å². The van der Waals surface area contributed by atoms with E-state index in [9.17, 15) is 4.79 Å². The Labute approximate surface area is 249 Å². The summed E-state index contributed by atoms with van der Waals surface area (Å²) in [5, 5.41) is 8.52. The minimum absolute atomic E-state index is 0.188. The van der Waals surface area contributed by atoms with Gasteiger partial charge >= 0.3 is 0 Å². The monoisotopic (exact) mass is 566 g/mol. The molecule has 0 saturated carbocycles. The van der Waals surface area contributed by atoms with Crippen molar-refractivity contribution in [3.05, 3.63) is 114 Å². The van der Waals surface area contributed by atoms with Crippen LogP contribution in [0.1, 0.15) is 27.2 Å². The lowest BCUT2D eigenvalue weighted by Gasteiger charge is -2.28. The first-order valence-electron chi connectivity index (χ1n) is 14.3. The number of amides is 1. The van der Waals surface area contributed by atoms with Crippen LogP contribution in [0.25, 0.3) is 27.7 Å². The Morgan fingerprint density at radius 3 is 2.65 bits per heavy atom. The van der Waals surface area contributed by atoms with Crippen LogP contribution in [-0.2, 0) is 11.8 Å². The predicted octanol–water partition coefficient (Wildman–Crippen LogP) is 5.69. The van der Waals surface area contributed by atoms with E-state index < -0.39 is 0 Å². The molecule has 1 amide bonds. The Hall–Kier alpha value is -5.39. The van der Waals surface area contributed by atoms with Gasteiger partial charge < -0.3 is 19.5 Å². The highest BCUT2D eigenvalue weighted by molar-refractivity contribution is 6.06. The molecule has 0 radical (unpaired) electrons. The fourth-order valence-electron chi connectivity index (χ4n) is 5.51. The van der Waals surface area contributed by atoms with Gasteiger partial charge in [-0.2, -0.15) is 5.10 Å². The lowest BCUT2D eigenvalue weighted by Crippen LogP contribution is -2.36. The van der Waals surface area contributed by atoms with Gasteiger partial charge in [0.15, 0.2) is 5.65 Å². The quantitative estimate of drug-likeness (QED) is 0.278. The van der Waals surface area contributed by atoms with E-state index in [2.05, 4.69) is 73.2 Å². The zero-order valence-corrected chi connectivity index (χ0v) is 24.0. The van der Waals surface area contributed by atoms with E-state index in [0.29, 0.717) is 11.3 Å². The maximum Gasteiger partial charge on any atom is 0.255 e. The number of benzene rings is 3. The van der Waals surface area contributed by atoms with E-state index in [0.717, 1.165) is 70.8 Å². The molecule has 8 heteroatoms. The SMILES string of the molecule is Cc1ccc(C(=O)Nc2ccc3c(-c4ccc(N5CCOCC5)cc4)cn(C)c3c2)cc1C#Cc1cnc2cccnn12. The third-order valence-electron chi connectivity index (χ3n) is 7.91. The molecule has 3 aromatic heterocycles. The second-order valence-corrected chi connectivity index (χ2v) is 10.7. The van der Waals surface area contributed by atoms with E-state index in [-0.39, 0.29) is 5.91 Å². The Morgan fingerprint density at radius 1 is 0.977 bits per heavy atom. The van der Waals surface area contributed by atoms with Gasteiger partial charge in [0.2, 0.25) is 0 Å². The van der Waals surface area contributed by atoms with Crippen molar-refractivity contribution >= 4 is 33.8 Å². The number of morpholine rings is 1. The van der Waals surface area contributed by atoms with Gasteiger partial charge in [-0.1, -0.05) is 30.2 Å². The van der Waals surface area contributed by atoms with Crippen LogP contribution in [0.3, 0.4) is 0 Å². The van der Waals surface area contributed by atoms with E-state index in [1.54, 1.807) is 16.9 Å². The Kier molecular flexibility index (Phi) is 6.85. The van der Waals surface area contributed by atoms with Gasteiger partial charge in [0.1, 0.15) is 5.69 Å². The molecule has 0 spiro atoms. The van der Waals surface area contributed by atoms with Gasteiger partial charge in [-0.25, -0.2) is 9.50 Å². The molecule has 1 saturated heterocycles. The first-order valence-corrected chi connectivity index (χ1v) is 14.3. The Balaban J connectivity index is 1.11. The van der Waals surface area contributed by atoms with E-state index in [1.807, 2.05) is 56.4 Å². The predicted molar refractivity (Wildman–Crippen MR) is 169 cm³/mol. The van der Waals surface area contributed by atoms with Crippen LogP contribution < -0.4 is 10.2 Å². The average Bonchev–Trinajstić information content (AvgIpc) is 3.61. The number of nitrogens with zero attached hydrogens (tertiary/aromatic N) is 5. The third kappa shape index (κ3) is 5.23. The molecule has 3 aromatic carbocycles. The number of ether oxygens (including phenoxy) is 1. The number of anilines is 2. The molecule has 4 heterocycles. The Bertz CT molecular complexity index is 2040. The van der Waals surface area contributed by atoms with Crippen molar-refractivity contribution < 1.29 is 9.53 Å². The van der Waals surface area contributed by atoms with Crippen molar-refractivity contribution in [1.29, 1.82) is 0 Å². The van der Waals surface area contributed by atoms with Crippen molar-refractivity contribution in [1.82, 2.24) is 19.2 Å². The number of nitrogens with one attached hydrogen (secondary N) is 1. The number of hydrogen-bond donors (Lipinski definition) is 1. The molecular formula is C35H30N6O2. The number of aromatic nitrogens is 4. The molecule has 6 aromatic rings. The molecule has 7 rings (SSSR count). The maximum absolute atomic E-state index is 13.3. The largest absolute Gasteiger partial charge is 0.378 e. The minimum atomic E-state index is -0.188. The summed E-state index contributed by atoms with van der Waals surface area (Å²) in [6.45, 7) is 5.35. The molecule has 1 aliphatic rings. The highest BCUT2D eigenvalue weighted by Gasteiger charge is 2.14. The van der Waals surface area contributed by atoms with Gasteiger partial charge in [-0.3, -0.25) is 4.79 Å². The van der Waals surface area contributed by atoms with Crippen LogP contribution in [0.4, 0.5) is 11.4 Å². The van der Waals surface area contributed by atoms with Crippen LogP contribution in [0.2, 0.25) is 0 Å². The van der Waals surface area contributed by atoms with E-state index in [1.165, 1.54) is 5.69 Å². The molecule has 43 heavy (non-hydrogen) atoms. The molecule has 0 atom stereocenters. The Morgan fingerprint density at radius 2 is 1.81 bits per heavy atom. The summed E-state index contributed by atoms with van der Waals surface area (Å²) in [5.74, 6) is 6.16. The zero-order valence-electron chi connectivity index (χ0n) is 24.0. The molecule has 8 nitrogen and oxygen atoms in total. The van der Waals surface area contributed by atoms with Crippen molar-refractivity contribution in [2.45, 2.75) is 6.92 Å². The number of carbonyl (C=O) groups excluding carboxylic acids is 1. The maximum atomic E-state index is 13.3. The van der Waals surface area contributed by atoms with Crippen LogP contribution >= 0.6 is 0 Å². The third-order valence-corrected chi connectivity index (χ3v) is 7.91. The summed E-state index contributed by atoms with van der Waals surface area (Å²) >= 11 is 0. The molecule has 1 N–H and O–H groups in total. The first kappa shape index (κ1) is 26.5. The molecule has 0 bridgehead atoms. The minimum Gasteiger partial charge on any atom is -0.378 e. The second-order valence-electron chi connectivity index (χ2n) is 10.7. The molecule has 0 aliphatic carbocycles. The number of aryl methyl sites for hydroxylation is 2. The summed E-state index contributed by atoms with van der Waals surface area (Å²) < 4.78 is 9.29. The highest BCUT2D eigenvalue weighted by atomic mass is 16.5. The standard InChI is InChI=1S/C35H30N6O2/c1-24-5-6-27(20-26(24)9-13-30-22-36-34-4-3-15-37-41(30)34)35(42)38-28-10-14-31-32(23-39(2)33(31)21-28)25-7-11-29(12-8-25)40-16-18-43-19-17-40/h3-8,10-12,14-15,20-23H,16-19H2,1-2H3,(H,38,42). The first-order chi connectivity index (χ1) is 21.0.